The molecule has 21 heavy (non-hydrogen) atoms. The molecule has 0 spiro atoms. The second-order valence-electron chi connectivity index (χ2n) is 4.81. The van der Waals surface area contributed by atoms with Crippen LogP contribution in [0.2, 0.25) is 5.02 Å². The molecule has 0 radical (unpaired) electrons. The van der Waals surface area contributed by atoms with Crippen LogP contribution in [-0.4, -0.2) is 47.6 Å². The van der Waals surface area contributed by atoms with Gasteiger partial charge in [-0.15, -0.1) is 0 Å². The number of aromatic nitrogens is 1. The number of nitrogens with one attached hydrogen (secondary N) is 1. The van der Waals surface area contributed by atoms with E-state index in [2.05, 4.69) is 10.3 Å². The van der Waals surface area contributed by atoms with Gasteiger partial charge in [-0.1, -0.05) is 11.6 Å². The van der Waals surface area contributed by atoms with Gasteiger partial charge >= 0.3 is 6.09 Å². The van der Waals surface area contributed by atoms with Crippen LogP contribution >= 0.6 is 11.6 Å². The number of piperidine rings is 1. The number of alkyl carbamates (subject to hydrolysis) is 1. The van der Waals surface area contributed by atoms with Gasteiger partial charge in [0.2, 0.25) is 0 Å². The summed E-state index contributed by atoms with van der Waals surface area (Å²) in [6.45, 7) is 3.18. The van der Waals surface area contributed by atoms with Gasteiger partial charge in [0.1, 0.15) is 5.69 Å². The van der Waals surface area contributed by atoms with E-state index in [0.717, 1.165) is 12.8 Å². The Morgan fingerprint density at radius 3 is 3.10 bits per heavy atom. The number of pyridine rings is 1. The minimum atomic E-state index is -0.447. The molecule has 0 aromatic carbocycles. The first-order valence-electron chi connectivity index (χ1n) is 6.94. The number of carbonyl (C=O) groups is 2. The molecule has 114 valence electrons. The molecule has 2 rings (SSSR count). The van der Waals surface area contributed by atoms with Crippen LogP contribution in [-0.2, 0) is 4.74 Å². The van der Waals surface area contributed by atoms with Gasteiger partial charge in [-0.2, -0.15) is 0 Å². The molecule has 0 aliphatic carbocycles. The number of amides is 2. The van der Waals surface area contributed by atoms with Crippen LogP contribution in [0.1, 0.15) is 30.3 Å². The SMILES string of the molecule is CCOC(=O)NC1CCCN(C(=O)c2cc(Cl)ccn2)C1. The van der Waals surface area contributed by atoms with Crippen molar-refractivity contribution >= 4 is 23.6 Å². The number of nitrogens with zero attached hydrogens (tertiary/aromatic N) is 2. The molecule has 0 bridgehead atoms. The van der Waals surface area contributed by atoms with Crippen molar-refractivity contribution in [3.8, 4) is 0 Å². The zero-order valence-corrected chi connectivity index (χ0v) is 12.6. The standard InChI is InChI=1S/C14H18ClN3O3/c1-2-21-14(20)17-11-4-3-7-18(9-11)13(19)12-8-10(15)5-6-16-12/h5-6,8,11H,2-4,7,9H2,1H3,(H,17,20). The van der Waals surface area contributed by atoms with Crippen molar-refractivity contribution in [2.24, 2.45) is 0 Å². The van der Waals surface area contributed by atoms with Crippen LogP contribution < -0.4 is 5.32 Å². The summed E-state index contributed by atoms with van der Waals surface area (Å²) in [5.74, 6) is -0.173. The van der Waals surface area contributed by atoms with E-state index in [-0.39, 0.29) is 11.9 Å². The van der Waals surface area contributed by atoms with Crippen molar-refractivity contribution in [3.63, 3.8) is 0 Å². The van der Waals surface area contributed by atoms with Gasteiger partial charge in [0, 0.05) is 30.4 Å². The number of hydrogen-bond acceptors (Lipinski definition) is 4. The van der Waals surface area contributed by atoms with E-state index in [1.807, 2.05) is 0 Å². The fourth-order valence-electron chi connectivity index (χ4n) is 2.30. The average Bonchev–Trinajstić information content (AvgIpc) is 2.47. The van der Waals surface area contributed by atoms with Crippen molar-refractivity contribution in [1.29, 1.82) is 0 Å². The monoisotopic (exact) mass is 311 g/mol. The summed E-state index contributed by atoms with van der Waals surface area (Å²) in [6.07, 6.45) is 2.71. The molecular weight excluding hydrogens is 294 g/mol. The quantitative estimate of drug-likeness (QED) is 0.927. The molecule has 1 aromatic rings. The highest BCUT2D eigenvalue weighted by Gasteiger charge is 2.26. The largest absolute Gasteiger partial charge is 0.450 e. The van der Waals surface area contributed by atoms with E-state index in [4.69, 9.17) is 16.3 Å². The minimum absolute atomic E-state index is 0.0964. The van der Waals surface area contributed by atoms with Gasteiger partial charge in [-0.05, 0) is 31.9 Å². The first kappa shape index (κ1) is 15.6. The van der Waals surface area contributed by atoms with E-state index < -0.39 is 6.09 Å². The fraction of sp³-hybridized carbons (Fsp3) is 0.500. The number of ether oxygens (including phenoxy) is 1. The molecule has 1 aliphatic heterocycles. The number of rotatable bonds is 3. The summed E-state index contributed by atoms with van der Waals surface area (Å²) < 4.78 is 4.86. The molecule has 1 aromatic heterocycles. The lowest BCUT2D eigenvalue weighted by molar-refractivity contribution is 0.0680. The number of halogens is 1. The third-order valence-electron chi connectivity index (χ3n) is 3.25. The second-order valence-corrected chi connectivity index (χ2v) is 5.25. The average molecular weight is 312 g/mol. The zero-order chi connectivity index (χ0) is 15.2. The van der Waals surface area contributed by atoms with Gasteiger partial charge in [-0.25, -0.2) is 4.79 Å². The van der Waals surface area contributed by atoms with Gasteiger partial charge in [-0.3, -0.25) is 9.78 Å². The lowest BCUT2D eigenvalue weighted by atomic mass is 10.1. The Labute approximate surface area is 128 Å². The van der Waals surface area contributed by atoms with Crippen molar-refractivity contribution in [3.05, 3.63) is 29.0 Å². The van der Waals surface area contributed by atoms with Crippen molar-refractivity contribution in [2.45, 2.75) is 25.8 Å². The van der Waals surface area contributed by atoms with E-state index in [1.165, 1.54) is 6.20 Å². The molecular formula is C14H18ClN3O3. The first-order chi connectivity index (χ1) is 10.1. The maximum atomic E-state index is 12.4. The number of likely N-dealkylation sites (tertiary alicyclic amines) is 1. The Morgan fingerprint density at radius 2 is 2.38 bits per heavy atom. The zero-order valence-electron chi connectivity index (χ0n) is 11.8. The Kier molecular flexibility index (Phi) is 5.38. The third-order valence-corrected chi connectivity index (χ3v) is 3.48. The van der Waals surface area contributed by atoms with Crippen LogP contribution in [0.15, 0.2) is 18.3 Å². The molecule has 1 atom stereocenters. The predicted octanol–water partition coefficient (Wildman–Crippen LogP) is 2.09. The van der Waals surface area contributed by atoms with E-state index in [0.29, 0.717) is 30.4 Å². The van der Waals surface area contributed by atoms with Crippen molar-refractivity contribution < 1.29 is 14.3 Å². The lowest BCUT2D eigenvalue weighted by Gasteiger charge is -2.32. The highest BCUT2D eigenvalue weighted by Crippen LogP contribution is 2.15. The van der Waals surface area contributed by atoms with Crippen molar-refractivity contribution in [1.82, 2.24) is 15.2 Å². The smallest absolute Gasteiger partial charge is 0.407 e. The molecule has 1 unspecified atom stereocenters. The highest BCUT2D eigenvalue weighted by molar-refractivity contribution is 6.30. The summed E-state index contributed by atoms with van der Waals surface area (Å²) >= 11 is 5.88. The maximum absolute atomic E-state index is 12.4. The summed E-state index contributed by atoms with van der Waals surface area (Å²) in [5.41, 5.74) is 0.319. The Hall–Kier alpha value is -1.82. The normalized spacial score (nSPS) is 18.2. The topological polar surface area (TPSA) is 71.5 Å². The maximum Gasteiger partial charge on any atom is 0.407 e. The Morgan fingerprint density at radius 1 is 1.57 bits per heavy atom. The Balaban J connectivity index is 1.97. The summed E-state index contributed by atoms with van der Waals surface area (Å²) in [7, 11) is 0. The molecule has 2 amide bonds. The molecule has 7 heteroatoms. The van der Waals surface area contributed by atoms with Crippen LogP contribution in [0.4, 0.5) is 4.79 Å². The highest BCUT2D eigenvalue weighted by atomic mass is 35.5. The van der Waals surface area contributed by atoms with Gasteiger partial charge in [0.05, 0.1) is 6.61 Å². The fourth-order valence-corrected chi connectivity index (χ4v) is 2.46. The molecule has 1 N–H and O–H groups in total. The number of carbonyl (C=O) groups excluding carboxylic acids is 2. The Bertz CT molecular complexity index is 524. The molecule has 1 fully saturated rings. The van der Waals surface area contributed by atoms with Crippen LogP contribution in [0.5, 0.6) is 0 Å². The lowest BCUT2D eigenvalue weighted by Crippen LogP contribution is -2.49. The predicted molar refractivity (Wildman–Crippen MR) is 78.3 cm³/mol. The third kappa shape index (κ3) is 4.32. The molecule has 1 aliphatic rings. The molecule has 1 saturated heterocycles. The van der Waals surface area contributed by atoms with E-state index in [9.17, 15) is 9.59 Å². The number of hydrogen-bond donors (Lipinski definition) is 1. The van der Waals surface area contributed by atoms with Crippen LogP contribution in [0.25, 0.3) is 0 Å². The van der Waals surface area contributed by atoms with Crippen LogP contribution in [0, 0.1) is 0 Å². The van der Waals surface area contributed by atoms with Gasteiger partial charge < -0.3 is 15.0 Å². The van der Waals surface area contributed by atoms with Crippen molar-refractivity contribution in [2.75, 3.05) is 19.7 Å². The van der Waals surface area contributed by atoms with E-state index in [1.54, 1.807) is 24.0 Å². The van der Waals surface area contributed by atoms with Gasteiger partial charge in [0.15, 0.2) is 0 Å². The van der Waals surface area contributed by atoms with E-state index >= 15 is 0 Å². The molecule has 2 heterocycles. The van der Waals surface area contributed by atoms with Gasteiger partial charge in [0.25, 0.3) is 5.91 Å². The molecule has 6 nitrogen and oxygen atoms in total. The second kappa shape index (κ2) is 7.26. The summed E-state index contributed by atoms with van der Waals surface area (Å²) in [4.78, 5) is 29.5. The molecule has 0 saturated carbocycles. The van der Waals surface area contributed by atoms with Crippen LogP contribution in [0.3, 0.4) is 0 Å². The minimum Gasteiger partial charge on any atom is -0.450 e. The first-order valence-corrected chi connectivity index (χ1v) is 7.32. The summed E-state index contributed by atoms with van der Waals surface area (Å²) in [6, 6.07) is 3.08. The summed E-state index contributed by atoms with van der Waals surface area (Å²) in [5, 5.41) is 3.24.